The number of nitrogens with two attached hydrogens (primary N) is 1. The average Bonchev–Trinajstić information content (AvgIpc) is 2.67. The summed E-state index contributed by atoms with van der Waals surface area (Å²) in [6.07, 6.45) is 1.11. The molecule has 2 atom stereocenters. The fourth-order valence-electron chi connectivity index (χ4n) is 2.23. The van der Waals surface area contributed by atoms with Crippen molar-refractivity contribution in [1.29, 1.82) is 0 Å². The monoisotopic (exact) mass is 224 g/mol. The molecule has 88 valence electrons. The Hall–Kier alpha value is -1.29. The van der Waals surface area contributed by atoms with Crippen molar-refractivity contribution in [2.24, 2.45) is 0 Å². The van der Waals surface area contributed by atoms with Gasteiger partial charge >= 0.3 is 0 Å². The van der Waals surface area contributed by atoms with Gasteiger partial charge in [0.15, 0.2) is 0 Å². The van der Waals surface area contributed by atoms with Crippen molar-refractivity contribution in [1.82, 2.24) is 0 Å². The van der Waals surface area contributed by atoms with Crippen LogP contribution in [0.3, 0.4) is 0 Å². The Morgan fingerprint density at radius 3 is 2.88 bits per heavy atom. The maximum atomic E-state index is 13.2. The number of nitrogen functional groups attached to an aromatic ring is 1. The first-order chi connectivity index (χ1) is 7.59. The lowest BCUT2D eigenvalue weighted by atomic mass is 10.1. The minimum atomic E-state index is -0.261. The van der Waals surface area contributed by atoms with E-state index in [-0.39, 0.29) is 18.0 Å². The third-order valence-electron chi connectivity index (χ3n) is 3.21. The van der Waals surface area contributed by atoms with Gasteiger partial charge in [-0.25, -0.2) is 4.39 Å². The van der Waals surface area contributed by atoms with Crippen molar-refractivity contribution < 1.29 is 9.13 Å². The van der Waals surface area contributed by atoms with E-state index in [9.17, 15) is 4.39 Å². The topological polar surface area (TPSA) is 38.5 Å². The second kappa shape index (κ2) is 4.29. The lowest BCUT2D eigenvalue weighted by Gasteiger charge is -2.29. The molecule has 0 aromatic heterocycles. The molecule has 1 aliphatic rings. The van der Waals surface area contributed by atoms with E-state index < -0.39 is 0 Å². The SMILES string of the molecule is CC1OCCC1N(C)c1cc(F)ccc1N. The smallest absolute Gasteiger partial charge is 0.125 e. The maximum absolute atomic E-state index is 13.2. The first-order valence-corrected chi connectivity index (χ1v) is 5.49. The number of anilines is 2. The number of hydrogen-bond acceptors (Lipinski definition) is 3. The van der Waals surface area contributed by atoms with Crippen molar-refractivity contribution in [2.75, 3.05) is 24.3 Å². The third-order valence-corrected chi connectivity index (χ3v) is 3.21. The summed E-state index contributed by atoms with van der Waals surface area (Å²) in [5.41, 5.74) is 7.19. The van der Waals surface area contributed by atoms with E-state index >= 15 is 0 Å². The van der Waals surface area contributed by atoms with Gasteiger partial charge in [-0.1, -0.05) is 0 Å². The predicted molar refractivity (Wildman–Crippen MR) is 63.0 cm³/mol. The molecule has 1 heterocycles. The lowest BCUT2D eigenvalue weighted by molar-refractivity contribution is 0.118. The van der Waals surface area contributed by atoms with E-state index in [0.717, 1.165) is 18.7 Å². The molecule has 1 aliphatic heterocycles. The summed E-state index contributed by atoms with van der Waals surface area (Å²) in [4.78, 5) is 2.01. The minimum Gasteiger partial charge on any atom is -0.397 e. The molecule has 0 aliphatic carbocycles. The zero-order chi connectivity index (χ0) is 11.7. The summed E-state index contributed by atoms with van der Waals surface area (Å²) in [5.74, 6) is -0.261. The second-order valence-electron chi connectivity index (χ2n) is 4.25. The van der Waals surface area contributed by atoms with Gasteiger partial charge in [0.1, 0.15) is 5.82 Å². The van der Waals surface area contributed by atoms with Crippen LogP contribution >= 0.6 is 0 Å². The van der Waals surface area contributed by atoms with Crippen LogP contribution in [0.5, 0.6) is 0 Å². The van der Waals surface area contributed by atoms with Crippen LogP contribution in [0, 0.1) is 5.82 Å². The maximum Gasteiger partial charge on any atom is 0.125 e. The van der Waals surface area contributed by atoms with E-state index in [2.05, 4.69) is 0 Å². The highest BCUT2D eigenvalue weighted by Crippen LogP contribution is 2.29. The minimum absolute atomic E-state index is 0.160. The van der Waals surface area contributed by atoms with E-state index in [1.54, 1.807) is 6.07 Å². The van der Waals surface area contributed by atoms with E-state index in [1.165, 1.54) is 12.1 Å². The van der Waals surface area contributed by atoms with Crippen LogP contribution in [0.4, 0.5) is 15.8 Å². The lowest BCUT2D eigenvalue weighted by Crippen LogP contribution is -2.37. The molecule has 1 fully saturated rings. The molecule has 0 spiro atoms. The van der Waals surface area contributed by atoms with Gasteiger partial charge < -0.3 is 15.4 Å². The number of likely N-dealkylation sites (N-methyl/N-ethyl adjacent to an activating group) is 1. The number of hydrogen-bond donors (Lipinski definition) is 1. The van der Waals surface area contributed by atoms with Gasteiger partial charge in [0.2, 0.25) is 0 Å². The molecule has 2 rings (SSSR count). The summed E-state index contributed by atoms with van der Waals surface area (Å²) in [7, 11) is 1.93. The Labute approximate surface area is 95.0 Å². The number of benzene rings is 1. The average molecular weight is 224 g/mol. The van der Waals surface area contributed by atoms with Gasteiger partial charge in [-0.15, -0.1) is 0 Å². The molecule has 0 saturated carbocycles. The number of halogens is 1. The molecule has 16 heavy (non-hydrogen) atoms. The summed E-state index contributed by atoms with van der Waals surface area (Å²) in [6, 6.07) is 4.72. The van der Waals surface area contributed by atoms with Crippen molar-refractivity contribution >= 4 is 11.4 Å². The molecule has 2 N–H and O–H groups in total. The van der Waals surface area contributed by atoms with Crippen molar-refractivity contribution in [3.63, 3.8) is 0 Å². The quantitative estimate of drug-likeness (QED) is 0.781. The highest BCUT2D eigenvalue weighted by Gasteiger charge is 2.28. The predicted octanol–water partition coefficient (Wildman–Crippen LogP) is 2.02. The number of nitrogens with zero attached hydrogens (tertiary/aromatic N) is 1. The Kier molecular flexibility index (Phi) is 3.01. The van der Waals surface area contributed by atoms with E-state index in [0.29, 0.717) is 5.69 Å². The van der Waals surface area contributed by atoms with Gasteiger partial charge in [0.05, 0.1) is 23.5 Å². The Bertz CT molecular complexity index is 383. The number of ether oxygens (including phenoxy) is 1. The molecule has 0 radical (unpaired) electrons. The molecule has 1 aromatic carbocycles. The Balaban J connectivity index is 2.25. The van der Waals surface area contributed by atoms with Crippen molar-refractivity contribution in [2.45, 2.75) is 25.5 Å². The molecule has 1 saturated heterocycles. The van der Waals surface area contributed by atoms with Crippen LogP contribution in [0.25, 0.3) is 0 Å². The van der Waals surface area contributed by atoms with Gasteiger partial charge in [0.25, 0.3) is 0 Å². The summed E-state index contributed by atoms with van der Waals surface area (Å²) in [5, 5.41) is 0. The zero-order valence-electron chi connectivity index (χ0n) is 9.61. The largest absolute Gasteiger partial charge is 0.397 e. The van der Waals surface area contributed by atoms with Crippen LogP contribution in [-0.4, -0.2) is 25.8 Å². The van der Waals surface area contributed by atoms with Gasteiger partial charge in [-0.3, -0.25) is 0 Å². The van der Waals surface area contributed by atoms with Crippen LogP contribution < -0.4 is 10.6 Å². The van der Waals surface area contributed by atoms with Crippen LogP contribution in [0.1, 0.15) is 13.3 Å². The standard InChI is InChI=1S/C12H17FN2O/c1-8-11(5-6-16-8)15(2)12-7-9(13)3-4-10(12)14/h3-4,7-8,11H,5-6,14H2,1-2H3. The molecule has 1 aromatic rings. The van der Waals surface area contributed by atoms with Gasteiger partial charge in [-0.2, -0.15) is 0 Å². The molecule has 2 unspecified atom stereocenters. The molecule has 3 nitrogen and oxygen atoms in total. The fourth-order valence-corrected chi connectivity index (χ4v) is 2.23. The first kappa shape index (κ1) is 11.2. The third kappa shape index (κ3) is 1.97. The van der Waals surface area contributed by atoms with Crippen molar-refractivity contribution in [3.05, 3.63) is 24.0 Å². The Morgan fingerprint density at radius 2 is 2.25 bits per heavy atom. The number of rotatable bonds is 2. The summed E-state index contributed by atoms with van der Waals surface area (Å²) < 4.78 is 18.7. The van der Waals surface area contributed by atoms with Crippen molar-refractivity contribution in [3.8, 4) is 0 Å². The normalized spacial score (nSPS) is 24.7. The summed E-state index contributed by atoms with van der Waals surface area (Å²) >= 11 is 0. The molecular formula is C12H17FN2O. The highest BCUT2D eigenvalue weighted by molar-refractivity contribution is 5.67. The molecule has 0 amide bonds. The fraction of sp³-hybridized carbons (Fsp3) is 0.500. The highest BCUT2D eigenvalue weighted by atomic mass is 19.1. The summed E-state index contributed by atoms with van der Waals surface area (Å²) in [6.45, 7) is 2.79. The Morgan fingerprint density at radius 1 is 1.50 bits per heavy atom. The van der Waals surface area contributed by atoms with Gasteiger partial charge in [0, 0.05) is 13.7 Å². The molecular weight excluding hydrogens is 207 g/mol. The van der Waals surface area contributed by atoms with E-state index in [1.807, 2.05) is 18.9 Å². The van der Waals surface area contributed by atoms with Crippen LogP contribution in [-0.2, 0) is 4.74 Å². The molecule has 4 heteroatoms. The van der Waals surface area contributed by atoms with Gasteiger partial charge in [-0.05, 0) is 31.5 Å². The first-order valence-electron chi connectivity index (χ1n) is 5.49. The second-order valence-corrected chi connectivity index (χ2v) is 4.25. The van der Waals surface area contributed by atoms with Crippen LogP contribution in [0.15, 0.2) is 18.2 Å². The van der Waals surface area contributed by atoms with E-state index in [4.69, 9.17) is 10.5 Å². The zero-order valence-corrected chi connectivity index (χ0v) is 9.61. The van der Waals surface area contributed by atoms with Crippen LogP contribution in [0.2, 0.25) is 0 Å². The molecule has 0 bridgehead atoms.